The number of fused-ring (bicyclic) bond motifs is 3. The lowest BCUT2D eigenvalue weighted by Crippen LogP contribution is -2.30. The molecule has 0 bridgehead atoms. The van der Waals surface area contributed by atoms with Crippen LogP contribution in [0.2, 0.25) is 0 Å². The van der Waals surface area contributed by atoms with E-state index in [0.29, 0.717) is 28.2 Å². The molecule has 0 spiro atoms. The first-order valence-electron chi connectivity index (χ1n) is 16.2. The number of benzene rings is 3. The second kappa shape index (κ2) is 12.8. The van der Waals surface area contributed by atoms with Crippen molar-refractivity contribution in [3.63, 3.8) is 0 Å². The number of hydrogen-bond acceptors (Lipinski definition) is 8. The summed E-state index contributed by atoms with van der Waals surface area (Å²) in [6.07, 6.45) is 8.97. The summed E-state index contributed by atoms with van der Waals surface area (Å²) in [4.78, 5) is 32.7. The summed E-state index contributed by atoms with van der Waals surface area (Å²) in [6.45, 7) is 8.12. The van der Waals surface area contributed by atoms with Crippen molar-refractivity contribution in [3.8, 4) is 0 Å². The number of hydrogen-bond donors (Lipinski definition) is 1. The molecule has 9 nitrogen and oxygen atoms in total. The van der Waals surface area contributed by atoms with Gasteiger partial charge in [-0.25, -0.2) is 25.0 Å². The molecule has 0 saturated carbocycles. The molecule has 2 aliphatic heterocycles. The first kappa shape index (κ1) is 31.4. The van der Waals surface area contributed by atoms with Crippen molar-refractivity contribution >= 4 is 57.3 Å². The standard InChI is InChI=1S/C40H38N8O/c1-26-33(25-30-17-13-16-24-36(30)49)27(2)42-38-29(4)46(6)48(32-20-11-8-12-21-32)40(38)44-35-23-15-14-22-34(35)43-39-37(41-26)28(3)45(5)47(39)31-18-9-7-10-19-31/h7-25,41H,1-6H3/b30-25+,33-26?,42-27?,43-39?,44-40?. The van der Waals surface area contributed by atoms with Crippen molar-refractivity contribution in [3.05, 3.63) is 142 Å². The molecule has 0 amide bonds. The second-order valence-corrected chi connectivity index (χ2v) is 12.1. The minimum atomic E-state index is -0.0593. The van der Waals surface area contributed by atoms with Crippen molar-refractivity contribution in [1.82, 2.24) is 30.0 Å². The Hall–Kier alpha value is -6.22. The Morgan fingerprint density at radius 1 is 0.633 bits per heavy atom. The van der Waals surface area contributed by atoms with Crippen LogP contribution < -0.4 is 20.7 Å². The highest BCUT2D eigenvalue weighted by atomic mass is 16.1. The monoisotopic (exact) mass is 646 g/mol. The van der Waals surface area contributed by atoms with E-state index in [9.17, 15) is 4.79 Å². The van der Waals surface area contributed by atoms with Gasteiger partial charge in [0.1, 0.15) is 10.7 Å². The molecule has 0 radical (unpaired) electrons. The SMILES string of the molecule is CC1=c2nc(C)c(/C=C3\C=CC=CC3=O)c(C)[nH]c3c(nc4ccccc4nc2N(c2ccccc2)N1C)N(c1ccccc1)N(C)C=3C. The largest absolute Gasteiger partial charge is 0.354 e. The molecule has 0 fully saturated rings. The molecule has 244 valence electrons. The summed E-state index contributed by atoms with van der Waals surface area (Å²) < 4.78 is 0. The molecular formula is C40H38N8O. The second-order valence-electron chi connectivity index (χ2n) is 12.1. The smallest absolute Gasteiger partial charge is 0.185 e. The molecule has 9 heteroatoms. The Balaban J connectivity index is 1.69. The lowest BCUT2D eigenvalue weighted by Gasteiger charge is -2.29. The Morgan fingerprint density at radius 2 is 1.16 bits per heavy atom. The van der Waals surface area contributed by atoms with Crippen molar-refractivity contribution < 1.29 is 4.79 Å². The number of anilines is 4. The Kier molecular flexibility index (Phi) is 8.17. The first-order valence-corrected chi connectivity index (χ1v) is 16.2. The molecule has 1 N–H and O–H groups in total. The minimum Gasteiger partial charge on any atom is -0.354 e. The van der Waals surface area contributed by atoms with Crippen LogP contribution in [0.3, 0.4) is 0 Å². The van der Waals surface area contributed by atoms with Gasteiger partial charge < -0.3 is 4.98 Å². The van der Waals surface area contributed by atoms with Crippen molar-refractivity contribution in [2.45, 2.75) is 27.7 Å². The fourth-order valence-corrected chi connectivity index (χ4v) is 6.24. The highest BCUT2D eigenvalue weighted by molar-refractivity contribution is 6.10. The van der Waals surface area contributed by atoms with E-state index in [1.807, 2.05) is 114 Å². The average Bonchev–Trinajstić information content (AvgIpc) is 3.48. The number of aromatic nitrogens is 4. The number of aromatic amines is 1. The molecule has 1 aromatic heterocycles. The summed E-state index contributed by atoms with van der Waals surface area (Å²) in [5.74, 6) is 1.32. The number of rotatable bonds is 3. The fourth-order valence-electron chi connectivity index (χ4n) is 6.24. The van der Waals surface area contributed by atoms with E-state index < -0.39 is 0 Å². The number of nitrogens with one attached hydrogen (secondary N) is 1. The highest BCUT2D eigenvalue weighted by Gasteiger charge is 2.28. The summed E-state index contributed by atoms with van der Waals surface area (Å²) in [7, 11) is 4.04. The number of para-hydroxylation sites is 4. The van der Waals surface area contributed by atoms with Gasteiger partial charge in [-0.3, -0.25) is 14.8 Å². The zero-order valence-electron chi connectivity index (χ0n) is 28.5. The third-order valence-electron chi connectivity index (χ3n) is 9.05. The lowest BCUT2D eigenvalue weighted by molar-refractivity contribution is -0.111. The van der Waals surface area contributed by atoms with Crippen LogP contribution in [0.5, 0.6) is 0 Å². The van der Waals surface area contributed by atoms with E-state index in [4.69, 9.17) is 15.0 Å². The van der Waals surface area contributed by atoms with Gasteiger partial charge in [0.2, 0.25) is 0 Å². The Morgan fingerprint density at radius 3 is 1.78 bits per heavy atom. The van der Waals surface area contributed by atoms with Crippen LogP contribution in [0, 0.1) is 13.8 Å². The molecular weight excluding hydrogens is 608 g/mol. The van der Waals surface area contributed by atoms with Crippen LogP contribution in [-0.4, -0.2) is 49.8 Å². The summed E-state index contributed by atoms with van der Waals surface area (Å²) in [5.41, 5.74) is 8.17. The van der Waals surface area contributed by atoms with Crippen molar-refractivity contribution in [1.29, 1.82) is 0 Å². The Labute approximate surface area is 285 Å². The predicted molar refractivity (Wildman–Crippen MR) is 198 cm³/mol. The number of allylic oxidation sites excluding steroid dienone is 5. The molecule has 0 unspecified atom stereocenters. The molecule has 1 aliphatic carbocycles. The van der Waals surface area contributed by atoms with Crippen LogP contribution in [-0.2, 0) is 4.79 Å². The highest BCUT2D eigenvalue weighted by Crippen LogP contribution is 2.31. The molecule has 3 aromatic carbocycles. The number of aryl methyl sites for hydroxylation is 2. The maximum absolute atomic E-state index is 13.0. The summed E-state index contributed by atoms with van der Waals surface area (Å²) in [5, 5.41) is 9.89. The van der Waals surface area contributed by atoms with Crippen molar-refractivity contribution in [2.24, 2.45) is 0 Å². The number of carbonyl (C=O) groups excluding carboxylic acids is 1. The molecule has 7 rings (SSSR count). The quantitative estimate of drug-likeness (QED) is 0.251. The topological polar surface area (TPSA) is 84.5 Å². The van der Waals surface area contributed by atoms with E-state index in [0.717, 1.165) is 50.4 Å². The molecule has 0 atom stereocenters. The number of hydrazine groups is 2. The third-order valence-corrected chi connectivity index (χ3v) is 9.05. The van der Waals surface area contributed by atoms with Crippen molar-refractivity contribution in [2.75, 3.05) is 24.1 Å². The van der Waals surface area contributed by atoms with E-state index >= 15 is 0 Å². The maximum atomic E-state index is 13.0. The van der Waals surface area contributed by atoms with E-state index in [2.05, 4.69) is 56.2 Å². The van der Waals surface area contributed by atoms with Crippen LogP contribution in [0.25, 0.3) is 28.5 Å². The maximum Gasteiger partial charge on any atom is 0.185 e. The zero-order chi connectivity index (χ0) is 34.2. The van der Waals surface area contributed by atoms with Crippen LogP contribution in [0.4, 0.5) is 23.0 Å². The number of H-pyrrole nitrogens is 1. The molecule has 3 heterocycles. The van der Waals surface area contributed by atoms with Crippen LogP contribution >= 0.6 is 0 Å². The van der Waals surface area contributed by atoms with E-state index in [-0.39, 0.29) is 5.78 Å². The normalized spacial score (nSPS) is 15.6. The van der Waals surface area contributed by atoms with Gasteiger partial charge in [0, 0.05) is 36.6 Å². The minimum absolute atomic E-state index is 0.0593. The predicted octanol–water partition coefficient (Wildman–Crippen LogP) is 6.55. The summed E-state index contributed by atoms with van der Waals surface area (Å²) >= 11 is 0. The van der Waals surface area contributed by atoms with Gasteiger partial charge in [-0.15, -0.1) is 0 Å². The summed E-state index contributed by atoms with van der Waals surface area (Å²) in [6, 6.07) is 28.3. The van der Waals surface area contributed by atoms with Crippen LogP contribution in [0.15, 0.2) is 115 Å². The number of nitrogens with zero attached hydrogens (tertiary/aromatic N) is 7. The van der Waals surface area contributed by atoms with Gasteiger partial charge >= 0.3 is 0 Å². The third kappa shape index (κ3) is 5.69. The number of carbonyl (C=O) groups is 1. The zero-order valence-corrected chi connectivity index (χ0v) is 28.5. The van der Waals surface area contributed by atoms with Gasteiger partial charge in [0.05, 0.1) is 33.8 Å². The Bertz CT molecular complexity index is 2200. The van der Waals surface area contributed by atoms with Gasteiger partial charge in [-0.2, -0.15) is 0 Å². The van der Waals surface area contributed by atoms with E-state index in [1.54, 1.807) is 12.2 Å². The molecule has 49 heavy (non-hydrogen) atoms. The molecule has 3 aliphatic rings. The van der Waals surface area contributed by atoms with Gasteiger partial charge in [-0.1, -0.05) is 66.8 Å². The van der Waals surface area contributed by atoms with Crippen LogP contribution in [0.1, 0.15) is 30.8 Å². The van der Waals surface area contributed by atoms with Gasteiger partial charge in [0.25, 0.3) is 0 Å². The fraction of sp³-hybridized carbons (Fsp3) is 0.150. The van der Waals surface area contributed by atoms with Gasteiger partial charge in [-0.05, 0) is 76.2 Å². The molecule has 4 aromatic rings. The average molecular weight is 647 g/mol. The lowest BCUT2D eigenvalue weighted by atomic mass is 10.0. The van der Waals surface area contributed by atoms with Gasteiger partial charge in [0.15, 0.2) is 17.4 Å². The number of ketones is 1. The molecule has 0 saturated heterocycles. The first-order chi connectivity index (χ1) is 23.7. The van der Waals surface area contributed by atoms with E-state index in [1.165, 1.54) is 0 Å².